The Morgan fingerprint density at radius 1 is 1.59 bits per heavy atom. The third-order valence-corrected chi connectivity index (χ3v) is 3.81. The predicted molar refractivity (Wildman–Crippen MR) is 65.2 cm³/mol. The molecule has 17 heavy (non-hydrogen) atoms. The van der Waals surface area contributed by atoms with E-state index in [1.807, 2.05) is 7.05 Å². The molecule has 0 spiro atoms. The lowest BCUT2D eigenvalue weighted by atomic mass is 9.71. The van der Waals surface area contributed by atoms with E-state index in [1.54, 1.807) is 4.68 Å². The van der Waals surface area contributed by atoms with Gasteiger partial charge in [0.2, 0.25) is 0 Å². The first kappa shape index (κ1) is 12.1. The first-order valence-electron chi connectivity index (χ1n) is 6.16. The zero-order valence-electron chi connectivity index (χ0n) is 10.7. The molecule has 94 valence electrons. The normalized spacial score (nSPS) is 23.6. The number of carboxylic acids is 1. The summed E-state index contributed by atoms with van der Waals surface area (Å²) < 4.78 is 1.73. The van der Waals surface area contributed by atoms with E-state index in [1.165, 1.54) is 19.0 Å². The van der Waals surface area contributed by atoms with Gasteiger partial charge in [0.1, 0.15) is 5.56 Å². The molecule has 0 aromatic carbocycles. The Morgan fingerprint density at radius 3 is 2.88 bits per heavy atom. The van der Waals surface area contributed by atoms with Crippen molar-refractivity contribution < 1.29 is 9.90 Å². The van der Waals surface area contributed by atoms with E-state index in [0.717, 1.165) is 18.5 Å². The third kappa shape index (κ3) is 2.35. The van der Waals surface area contributed by atoms with Crippen LogP contribution in [0.15, 0.2) is 6.20 Å². The maximum Gasteiger partial charge on any atom is 0.339 e. The van der Waals surface area contributed by atoms with Gasteiger partial charge in [-0.25, -0.2) is 4.79 Å². The minimum Gasteiger partial charge on any atom is -0.478 e. The summed E-state index contributed by atoms with van der Waals surface area (Å²) in [5, 5.41) is 13.3. The summed E-state index contributed by atoms with van der Waals surface area (Å²) in [6.07, 6.45) is 5.99. The Labute approximate surface area is 102 Å². The highest BCUT2D eigenvalue weighted by molar-refractivity contribution is 5.88. The minimum absolute atomic E-state index is 0.308. The van der Waals surface area contributed by atoms with Gasteiger partial charge in [-0.3, -0.25) is 4.68 Å². The van der Waals surface area contributed by atoms with Gasteiger partial charge in [-0.2, -0.15) is 5.10 Å². The molecule has 1 aliphatic carbocycles. The molecule has 0 amide bonds. The number of aryl methyl sites for hydroxylation is 1. The smallest absolute Gasteiger partial charge is 0.339 e. The summed E-state index contributed by atoms with van der Waals surface area (Å²) in [5.74, 6) is -0.533. The van der Waals surface area contributed by atoms with Gasteiger partial charge in [-0.1, -0.05) is 20.3 Å². The van der Waals surface area contributed by atoms with Crippen LogP contribution >= 0.6 is 0 Å². The van der Waals surface area contributed by atoms with E-state index >= 15 is 0 Å². The van der Waals surface area contributed by atoms with Crippen LogP contribution in [0, 0.1) is 5.41 Å². The van der Waals surface area contributed by atoms with Crippen LogP contribution in [0.2, 0.25) is 0 Å². The van der Waals surface area contributed by atoms with Crippen molar-refractivity contribution in [3.63, 3.8) is 0 Å². The molecule has 0 radical (unpaired) electrons. The van der Waals surface area contributed by atoms with Crippen molar-refractivity contribution in [3.8, 4) is 0 Å². The van der Waals surface area contributed by atoms with Crippen LogP contribution in [0.25, 0.3) is 0 Å². The highest BCUT2D eigenvalue weighted by Crippen LogP contribution is 2.43. The molecular weight excluding hydrogens is 216 g/mol. The lowest BCUT2D eigenvalue weighted by Crippen LogP contribution is -2.24. The van der Waals surface area contributed by atoms with Crippen LogP contribution < -0.4 is 0 Å². The first-order valence-corrected chi connectivity index (χ1v) is 6.16. The Morgan fingerprint density at radius 2 is 2.29 bits per heavy atom. The van der Waals surface area contributed by atoms with Crippen molar-refractivity contribution in [3.05, 3.63) is 17.5 Å². The molecule has 1 aromatic rings. The van der Waals surface area contributed by atoms with Gasteiger partial charge in [-0.05, 0) is 24.7 Å². The molecule has 1 fully saturated rings. The summed E-state index contributed by atoms with van der Waals surface area (Å²) in [6, 6.07) is 0. The fourth-order valence-electron chi connectivity index (χ4n) is 3.03. The topological polar surface area (TPSA) is 55.1 Å². The molecule has 1 heterocycles. The summed E-state index contributed by atoms with van der Waals surface area (Å²) in [6.45, 7) is 4.52. The van der Waals surface area contributed by atoms with Crippen LogP contribution in [-0.4, -0.2) is 20.9 Å². The van der Waals surface area contributed by atoms with Crippen LogP contribution in [0.1, 0.15) is 61.5 Å². The molecule has 0 aliphatic heterocycles. The van der Waals surface area contributed by atoms with E-state index in [4.69, 9.17) is 0 Å². The van der Waals surface area contributed by atoms with Crippen molar-refractivity contribution in [1.82, 2.24) is 9.78 Å². The number of carbonyl (C=O) groups is 1. The molecule has 2 rings (SSSR count). The first-order chi connectivity index (χ1) is 7.91. The second-order valence-corrected chi connectivity index (χ2v) is 5.83. The van der Waals surface area contributed by atoms with Gasteiger partial charge in [0.15, 0.2) is 0 Å². The molecule has 1 N–H and O–H groups in total. The van der Waals surface area contributed by atoms with Crippen LogP contribution in [0.4, 0.5) is 0 Å². The fourth-order valence-corrected chi connectivity index (χ4v) is 3.03. The number of aromatic nitrogens is 2. The van der Waals surface area contributed by atoms with Gasteiger partial charge < -0.3 is 5.11 Å². The Bertz CT molecular complexity index is 435. The van der Waals surface area contributed by atoms with E-state index in [0.29, 0.717) is 16.9 Å². The van der Waals surface area contributed by atoms with Crippen molar-refractivity contribution in [2.75, 3.05) is 0 Å². The van der Waals surface area contributed by atoms with Crippen molar-refractivity contribution in [1.29, 1.82) is 0 Å². The molecule has 1 aromatic heterocycles. The van der Waals surface area contributed by atoms with Gasteiger partial charge in [0.05, 0.1) is 11.9 Å². The minimum atomic E-state index is -0.864. The van der Waals surface area contributed by atoms with Gasteiger partial charge >= 0.3 is 5.97 Å². The second kappa shape index (κ2) is 4.17. The highest BCUT2D eigenvalue weighted by atomic mass is 16.4. The molecule has 1 atom stereocenters. The van der Waals surface area contributed by atoms with Crippen LogP contribution in [-0.2, 0) is 7.05 Å². The molecular formula is C13H20N2O2. The Hall–Kier alpha value is -1.32. The zero-order chi connectivity index (χ0) is 12.6. The lowest BCUT2D eigenvalue weighted by Gasteiger charge is -2.35. The number of rotatable bonds is 2. The van der Waals surface area contributed by atoms with Crippen molar-refractivity contribution in [2.45, 2.75) is 45.4 Å². The average molecular weight is 236 g/mol. The van der Waals surface area contributed by atoms with Crippen LogP contribution in [0.5, 0.6) is 0 Å². The number of nitrogens with zero attached hydrogens (tertiary/aromatic N) is 2. The van der Waals surface area contributed by atoms with E-state index in [9.17, 15) is 9.90 Å². The van der Waals surface area contributed by atoms with Gasteiger partial charge in [0, 0.05) is 13.0 Å². The van der Waals surface area contributed by atoms with Gasteiger partial charge in [-0.15, -0.1) is 0 Å². The van der Waals surface area contributed by atoms with Crippen molar-refractivity contribution >= 4 is 5.97 Å². The maximum atomic E-state index is 11.2. The molecule has 1 saturated carbocycles. The predicted octanol–water partition coefficient (Wildman–Crippen LogP) is 2.80. The Kier molecular flexibility index (Phi) is 2.98. The highest BCUT2D eigenvalue weighted by Gasteiger charge is 2.32. The largest absolute Gasteiger partial charge is 0.478 e. The number of carboxylic acid groups (broad SMARTS) is 1. The van der Waals surface area contributed by atoms with Crippen LogP contribution in [0.3, 0.4) is 0 Å². The summed E-state index contributed by atoms with van der Waals surface area (Å²) in [4.78, 5) is 11.2. The molecule has 1 aliphatic rings. The molecule has 1 unspecified atom stereocenters. The summed E-state index contributed by atoms with van der Waals surface area (Å²) >= 11 is 0. The quantitative estimate of drug-likeness (QED) is 0.859. The standard InChI is InChI=1S/C13H20N2O2/c1-13(2)6-4-5-9(7-13)11-10(12(16)17)8-14-15(11)3/h8-9H,4-7H2,1-3H3,(H,16,17). The molecule has 0 bridgehead atoms. The summed E-state index contributed by atoms with van der Waals surface area (Å²) in [5.41, 5.74) is 1.57. The molecule has 4 nitrogen and oxygen atoms in total. The number of hydrogen-bond donors (Lipinski definition) is 1. The van der Waals surface area contributed by atoms with Gasteiger partial charge in [0.25, 0.3) is 0 Å². The average Bonchev–Trinajstić information content (AvgIpc) is 2.58. The number of aromatic carboxylic acids is 1. The fraction of sp³-hybridized carbons (Fsp3) is 0.692. The Balaban J connectivity index is 2.33. The van der Waals surface area contributed by atoms with E-state index in [-0.39, 0.29) is 0 Å². The summed E-state index contributed by atoms with van der Waals surface area (Å²) in [7, 11) is 1.84. The monoisotopic (exact) mass is 236 g/mol. The molecule has 0 saturated heterocycles. The maximum absolute atomic E-state index is 11.2. The zero-order valence-corrected chi connectivity index (χ0v) is 10.7. The van der Waals surface area contributed by atoms with Crippen molar-refractivity contribution in [2.24, 2.45) is 12.5 Å². The van der Waals surface area contributed by atoms with E-state index in [2.05, 4.69) is 18.9 Å². The number of hydrogen-bond acceptors (Lipinski definition) is 2. The SMILES string of the molecule is Cn1ncc(C(=O)O)c1C1CCCC(C)(C)C1. The third-order valence-electron chi connectivity index (χ3n) is 3.81. The van der Waals surface area contributed by atoms with E-state index < -0.39 is 5.97 Å². The lowest BCUT2D eigenvalue weighted by molar-refractivity contribution is 0.0693. The second-order valence-electron chi connectivity index (χ2n) is 5.83. The molecule has 4 heteroatoms.